The van der Waals surface area contributed by atoms with Crippen LogP contribution in [-0.4, -0.2) is 24.4 Å². The van der Waals surface area contributed by atoms with Gasteiger partial charge in [0, 0.05) is 13.2 Å². The van der Waals surface area contributed by atoms with Gasteiger partial charge in [0.15, 0.2) is 0 Å². The molecule has 1 N–H and O–H groups in total. The molecule has 0 bridgehead atoms. The molecule has 1 fully saturated rings. The van der Waals surface area contributed by atoms with E-state index in [2.05, 4.69) is 20.8 Å². The van der Waals surface area contributed by atoms with E-state index in [-0.39, 0.29) is 6.10 Å². The van der Waals surface area contributed by atoms with E-state index < -0.39 is 0 Å². The first-order chi connectivity index (χ1) is 5.66. The third-order valence-corrected chi connectivity index (χ3v) is 2.01. The molecule has 0 saturated carbocycles. The van der Waals surface area contributed by atoms with Crippen molar-refractivity contribution in [3.8, 4) is 0 Å². The third-order valence-electron chi connectivity index (χ3n) is 2.01. The molecule has 0 aliphatic carbocycles. The second-order valence-electron chi connectivity index (χ2n) is 3.65. The van der Waals surface area contributed by atoms with Gasteiger partial charge in [-0.15, -0.1) is 0 Å². The lowest BCUT2D eigenvalue weighted by molar-refractivity contribution is 0.0140. The molecule has 0 amide bonds. The van der Waals surface area contributed by atoms with E-state index in [4.69, 9.17) is 9.84 Å². The van der Waals surface area contributed by atoms with E-state index in [1.54, 1.807) is 0 Å². The van der Waals surface area contributed by atoms with Crippen molar-refractivity contribution in [2.45, 2.75) is 46.1 Å². The molecule has 12 heavy (non-hydrogen) atoms. The standard InChI is InChI=1S/C5H10O2.C5H12/c6-5-1-3-7-4-2-5;1-4-5(2)3/h5-6H,1-4H2;5H,4H2,1-3H3. The van der Waals surface area contributed by atoms with E-state index in [1.165, 1.54) is 6.42 Å². The minimum Gasteiger partial charge on any atom is -0.393 e. The summed E-state index contributed by atoms with van der Waals surface area (Å²) in [6.45, 7) is 8.12. The quantitative estimate of drug-likeness (QED) is 0.660. The van der Waals surface area contributed by atoms with Gasteiger partial charge >= 0.3 is 0 Å². The van der Waals surface area contributed by atoms with Crippen LogP contribution < -0.4 is 0 Å². The number of aliphatic hydroxyl groups excluding tert-OH is 1. The summed E-state index contributed by atoms with van der Waals surface area (Å²) in [5.41, 5.74) is 0. The molecule has 0 spiro atoms. The number of hydrogen-bond acceptors (Lipinski definition) is 2. The van der Waals surface area contributed by atoms with Crippen molar-refractivity contribution in [1.82, 2.24) is 0 Å². The molecule has 0 aromatic heterocycles. The average Bonchev–Trinajstić information content (AvgIpc) is 2.07. The molecular formula is C10H22O2. The summed E-state index contributed by atoms with van der Waals surface area (Å²) in [7, 11) is 0. The van der Waals surface area contributed by atoms with Crippen LogP contribution in [-0.2, 0) is 4.74 Å². The summed E-state index contributed by atoms with van der Waals surface area (Å²) >= 11 is 0. The zero-order valence-electron chi connectivity index (χ0n) is 8.55. The van der Waals surface area contributed by atoms with E-state index >= 15 is 0 Å². The first kappa shape index (κ1) is 11.9. The smallest absolute Gasteiger partial charge is 0.0584 e. The van der Waals surface area contributed by atoms with Gasteiger partial charge in [-0.3, -0.25) is 0 Å². The lowest BCUT2D eigenvalue weighted by atomic mass is 10.2. The summed E-state index contributed by atoms with van der Waals surface area (Å²) in [6, 6.07) is 0. The molecule has 0 atom stereocenters. The Morgan fingerprint density at radius 3 is 1.92 bits per heavy atom. The van der Waals surface area contributed by atoms with Crippen molar-refractivity contribution in [3.63, 3.8) is 0 Å². The fraction of sp³-hybridized carbons (Fsp3) is 1.00. The molecule has 1 aliphatic heterocycles. The molecule has 2 nitrogen and oxygen atoms in total. The Morgan fingerprint density at radius 1 is 1.33 bits per heavy atom. The fourth-order valence-electron chi connectivity index (χ4n) is 0.685. The molecule has 2 heteroatoms. The summed E-state index contributed by atoms with van der Waals surface area (Å²) in [4.78, 5) is 0. The Hall–Kier alpha value is -0.0800. The molecule has 1 heterocycles. The van der Waals surface area contributed by atoms with E-state index in [9.17, 15) is 0 Å². The first-order valence-corrected chi connectivity index (χ1v) is 4.92. The maximum Gasteiger partial charge on any atom is 0.0584 e. The number of rotatable bonds is 1. The van der Waals surface area contributed by atoms with Gasteiger partial charge in [-0.05, 0) is 18.8 Å². The highest BCUT2D eigenvalue weighted by Gasteiger charge is 2.07. The minimum atomic E-state index is -0.0891. The van der Waals surface area contributed by atoms with Crippen molar-refractivity contribution < 1.29 is 9.84 Å². The lowest BCUT2D eigenvalue weighted by Gasteiger charge is -2.15. The van der Waals surface area contributed by atoms with Gasteiger partial charge in [0.25, 0.3) is 0 Å². The predicted octanol–water partition coefficient (Wildman–Crippen LogP) is 2.21. The van der Waals surface area contributed by atoms with Crippen molar-refractivity contribution >= 4 is 0 Å². The Labute approximate surface area is 75.9 Å². The van der Waals surface area contributed by atoms with Gasteiger partial charge in [-0.1, -0.05) is 27.2 Å². The highest BCUT2D eigenvalue weighted by Crippen LogP contribution is 2.04. The van der Waals surface area contributed by atoms with Crippen LogP contribution in [0.25, 0.3) is 0 Å². The highest BCUT2D eigenvalue weighted by atomic mass is 16.5. The maximum atomic E-state index is 8.83. The lowest BCUT2D eigenvalue weighted by Crippen LogP contribution is -2.19. The monoisotopic (exact) mass is 174 g/mol. The minimum absolute atomic E-state index is 0.0891. The summed E-state index contributed by atoms with van der Waals surface area (Å²) in [6.07, 6.45) is 2.86. The topological polar surface area (TPSA) is 29.5 Å². The van der Waals surface area contributed by atoms with Crippen molar-refractivity contribution in [2.75, 3.05) is 13.2 Å². The second kappa shape index (κ2) is 7.56. The van der Waals surface area contributed by atoms with Crippen LogP contribution in [0.15, 0.2) is 0 Å². The number of ether oxygens (including phenoxy) is 1. The van der Waals surface area contributed by atoms with Crippen LogP contribution in [0.4, 0.5) is 0 Å². The molecule has 1 saturated heterocycles. The molecule has 0 radical (unpaired) electrons. The summed E-state index contributed by atoms with van der Waals surface area (Å²) in [5, 5.41) is 8.83. The van der Waals surface area contributed by atoms with Crippen LogP contribution in [0.1, 0.15) is 40.0 Å². The second-order valence-corrected chi connectivity index (χ2v) is 3.65. The maximum absolute atomic E-state index is 8.83. The van der Waals surface area contributed by atoms with Crippen LogP contribution in [0.5, 0.6) is 0 Å². The molecule has 1 aliphatic rings. The summed E-state index contributed by atoms with van der Waals surface area (Å²) < 4.78 is 4.98. The Bertz CT molecular complexity index is 85.8. The molecule has 1 rings (SSSR count). The van der Waals surface area contributed by atoms with Gasteiger partial charge in [0.2, 0.25) is 0 Å². The fourth-order valence-corrected chi connectivity index (χ4v) is 0.685. The molecule has 0 aromatic rings. The molecule has 0 aromatic carbocycles. The molecule has 74 valence electrons. The third kappa shape index (κ3) is 8.02. The molecular weight excluding hydrogens is 152 g/mol. The van der Waals surface area contributed by atoms with Gasteiger partial charge in [-0.25, -0.2) is 0 Å². The Morgan fingerprint density at radius 2 is 1.75 bits per heavy atom. The van der Waals surface area contributed by atoms with Crippen LogP contribution in [0.3, 0.4) is 0 Å². The van der Waals surface area contributed by atoms with E-state index in [0.29, 0.717) is 0 Å². The van der Waals surface area contributed by atoms with E-state index in [1.807, 2.05) is 0 Å². The largest absolute Gasteiger partial charge is 0.393 e. The first-order valence-electron chi connectivity index (χ1n) is 4.92. The van der Waals surface area contributed by atoms with Crippen LogP contribution in [0.2, 0.25) is 0 Å². The predicted molar refractivity (Wildman–Crippen MR) is 51.2 cm³/mol. The zero-order chi connectivity index (χ0) is 9.40. The Kier molecular flexibility index (Phi) is 7.51. The highest BCUT2D eigenvalue weighted by molar-refractivity contribution is 4.58. The average molecular weight is 174 g/mol. The van der Waals surface area contributed by atoms with Crippen molar-refractivity contribution in [3.05, 3.63) is 0 Å². The van der Waals surface area contributed by atoms with Crippen LogP contribution >= 0.6 is 0 Å². The van der Waals surface area contributed by atoms with Crippen molar-refractivity contribution in [1.29, 1.82) is 0 Å². The van der Waals surface area contributed by atoms with Gasteiger partial charge < -0.3 is 9.84 Å². The zero-order valence-corrected chi connectivity index (χ0v) is 8.55. The normalized spacial score (nSPS) is 18.8. The van der Waals surface area contributed by atoms with Gasteiger partial charge in [0.1, 0.15) is 0 Å². The van der Waals surface area contributed by atoms with Gasteiger partial charge in [-0.2, -0.15) is 0 Å². The van der Waals surface area contributed by atoms with Crippen molar-refractivity contribution in [2.24, 2.45) is 5.92 Å². The summed E-state index contributed by atoms with van der Waals surface area (Å²) in [5.74, 6) is 0.884. The number of aliphatic hydroxyl groups is 1. The van der Waals surface area contributed by atoms with E-state index in [0.717, 1.165) is 32.0 Å². The molecule has 0 unspecified atom stereocenters. The van der Waals surface area contributed by atoms with Gasteiger partial charge in [0.05, 0.1) is 6.10 Å². The SMILES string of the molecule is CCC(C)C.OC1CCOCC1. The number of hydrogen-bond donors (Lipinski definition) is 1. The Balaban J connectivity index is 0.000000217. The van der Waals surface area contributed by atoms with Crippen LogP contribution in [0, 0.1) is 5.92 Å².